The number of hydrogen-bond acceptors (Lipinski definition) is 3. The van der Waals surface area contributed by atoms with Gasteiger partial charge in [-0.2, -0.15) is 0 Å². The molecule has 0 aliphatic heterocycles. The Kier molecular flexibility index (Phi) is 4.99. The summed E-state index contributed by atoms with van der Waals surface area (Å²) < 4.78 is 0. The van der Waals surface area contributed by atoms with Crippen LogP contribution in [0.25, 0.3) is 0 Å². The summed E-state index contributed by atoms with van der Waals surface area (Å²) in [5.74, 6) is 1.80. The Morgan fingerprint density at radius 1 is 1.50 bits per heavy atom. The standard InChI is InChI=1S/C13H22N4S/c1-10-9-18-12(17-10)4-3-7-15-13(14-2)16-8-11-5-6-11/h9,11H,3-8H2,1-2H3,(H2,14,15,16). The van der Waals surface area contributed by atoms with Gasteiger partial charge in [0.1, 0.15) is 0 Å². The Labute approximate surface area is 113 Å². The fourth-order valence-electron chi connectivity index (χ4n) is 1.75. The Morgan fingerprint density at radius 3 is 2.94 bits per heavy atom. The largest absolute Gasteiger partial charge is 0.356 e. The maximum Gasteiger partial charge on any atom is 0.190 e. The van der Waals surface area contributed by atoms with Gasteiger partial charge in [-0.15, -0.1) is 11.3 Å². The van der Waals surface area contributed by atoms with Crippen LogP contribution in [0.2, 0.25) is 0 Å². The van der Waals surface area contributed by atoms with Crippen LogP contribution in [0.4, 0.5) is 0 Å². The summed E-state index contributed by atoms with van der Waals surface area (Å²) in [6, 6.07) is 0. The first kappa shape index (κ1) is 13.3. The number of rotatable bonds is 6. The summed E-state index contributed by atoms with van der Waals surface area (Å²) in [6.07, 6.45) is 4.88. The first-order chi connectivity index (χ1) is 8.78. The van der Waals surface area contributed by atoms with E-state index in [1.807, 2.05) is 14.0 Å². The van der Waals surface area contributed by atoms with Gasteiger partial charge in [0.15, 0.2) is 5.96 Å². The van der Waals surface area contributed by atoms with E-state index in [0.717, 1.165) is 43.5 Å². The van der Waals surface area contributed by atoms with Crippen molar-refractivity contribution in [3.63, 3.8) is 0 Å². The number of thiazole rings is 1. The third-order valence-corrected chi connectivity index (χ3v) is 4.03. The number of aryl methyl sites for hydroxylation is 2. The van der Waals surface area contributed by atoms with Gasteiger partial charge in [-0.05, 0) is 32.1 Å². The fourth-order valence-corrected chi connectivity index (χ4v) is 2.57. The zero-order chi connectivity index (χ0) is 12.8. The minimum atomic E-state index is 0.877. The van der Waals surface area contributed by atoms with E-state index in [1.54, 1.807) is 11.3 Å². The molecule has 1 saturated carbocycles. The first-order valence-electron chi connectivity index (χ1n) is 6.63. The first-order valence-corrected chi connectivity index (χ1v) is 7.51. The highest BCUT2D eigenvalue weighted by atomic mass is 32.1. The molecule has 1 aromatic rings. The Morgan fingerprint density at radius 2 is 2.33 bits per heavy atom. The van der Waals surface area contributed by atoms with E-state index in [0.29, 0.717) is 0 Å². The second kappa shape index (κ2) is 6.73. The van der Waals surface area contributed by atoms with Crippen LogP contribution in [-0.4, -0.2) is 31.1 Å². The summed E-state index contributed by atoms with van der Waals surface area (Å²) in [4.78, 5) is 8.68. The maximum atomic E-state index is 4.46. The molecule has 5 heteroatoms. The summed E-state index contributed by atoms with van der Waals surface area (Å²) in [5.41, 5.74) is 1.13. The van der Waals surface area contributed by atoms with Crippen molar-refractivity contribution in [2.75, 3.05) is 20.1 Å². The number of aromatic nitrogens is 1. The minimum absolute atomic E-state index is 0.877. The SMILES string of the molecule is CN=C(NCCCc1nc(C)cs1)NCC1CC1. The van der Waals surface area contributed by atoms with Gasteiger partial charge in [0.25, 0.3) is 0 Å². The smallest absolute Gasteiger partial charge is 0.190 e. The van der Waals surface area contributed by atoms with Gasteiger partial charge in [-0.1, -0.05) is 0 Å². The summed E-state index contributed by atoms with van der Waals surface area (Å²) >= 11 is 1.75. The maximum absolute atomic E-state index is 4.46. The molecule has 4 nitrogen and oxygen atoms in total. The molecule has 18 heavy (non-hydrogen) atoms. The highest BCUT2D eigenvalue weighted by Gasteiger charge is 2.20. The number of nitrogens with zero attached hydrogens (tertiary/aromatic N) is 2. The van der Waals surface area contributed by atoms with Crippen LogP contribution in [-0.2, 0) is 6.42 Å². The van der Waals surface area contributed by atoms with Crippen LogP contribution in [0.1, 0.15) is 30.0 Å². The molecular formula is C13H22N4S. The van der Waals surface area contributed by atoms with E-state index in [1.165, 1.54) is 17.8 Å². The molecule has 1 aliphatic carbocycles. The molecule has 2 rings (SSSR count). The molecular weight excluding hydrogens is 244 g/mol. The van der Waals surface area contributed by atoms with Crippen molar-refractivity contribution in [2.45, 2.75) is 32.6 Å². The molecule has 1 aromatic heterocycles. The lowest BCUT2D eigenvalue weighted by Gasteiger charge is -2.10. The lowest BCUT2D eigenvalue weighted by atomic mass is 10.3. The van der Waals surface area contributed by atoms with Crippen LogP contribution >= 0.6 is 11.3 Å². The van der Waals surface area contributed by atoms with Gasteiger partial charge in [0.05, 0.1) is 5.01 Å². The Balaban J connectivity index is 1.58. The minimum Gasteiger partial charge on any atom is -0.356 e. The van der Waals surface area contributed by atoms with Crippen molar-refractivity contribution in [2.24, 2.45) is 10.9 Å². The second-order valence-electron chi connectivity index (χ2n) is 4.81. The normalized spacial score (nSPS) is 15.8. The van der Waals surface area contributed by atoms with Crippen molar-refractivity contribution in [1.82, 2.24) is 15.6 Å². The van der Waals surface area contributed by atoms with Gasteiger partial charge in [-0.25, -0.2) is 4.98 Å². The van der Waals surface area contributed by atoms with Crippen LogP contribution in [0, 0.1) is 12.8 Å². The van der Waals surface area contributed by atoms with Crippen LogP contribution in [0.15, 0.2) is 10.4 Å². The van der Waals surface area contributed by atoms with Crippen LogP contribution < -0.4 is 10.6 Å². The highest BCUT2D eigenvalue weighted by molar-refractivity contribution is 7.09. The van der Waals surface area contributed by atoms with Gasteiger partial charge in [0, 0.05) is 37.6 Å². The van der Waals surface area contributed by atoms with Gasteiger partial charge in [0.2, 0.25) is 0 Å². The lowest BCUT2D eigenvalue weighted by Crippen LogP contribution is -2.38. The molecule has 100 valence electrons. The van der Waals surface area contributed by atoms with E-state index in [-0.39, 0.29) is 0 Å². The zero-order valence-corrected chi connectivity index (χ0v) is 12.0. The van der Waals surface area contributed by atoms with Crippen molar-refractivity contribution < 1.29 is 0 Å². The molecule has 1 heterocycles. The van der Waals surface area contributed by atoms with Crippen molar-refractivity contribution in [3.8, 4) is 0 Å². The Hall–Kier alpha value is -1.10. The fraction of sp³-hybridized carbons (Fsp3) is 0.692. The van der Waals surface area contributed by atoms with E-state index >= 15 is 0 Å². The quantitative estimate of drug-likeness (QED) is 0.470. The molecule has 0 spiro atoms. The molecule has 0 radical (unpaired) electrons. The monoisotopic (exact) mass is 266 g/mol. The molecule has 0 saturated heterocycles. The topological polar surface area (TPSA) is 49.3 Å². The van der Waals surface area contributed by atoms with Crippen LogP contribution in [0.3, 0.4) is 0 Å². The molecule has 0 atom stereocenters. The van der Waals surface area contributed by atoms with E-state index in [9.17, 15) is 0 Å². The summed E-state index contributed by atoms with van der Waals surface area (Å²) in [5, 5.41) is 10.0. The van der Waals surface area contributed by atoms with E-state index < -0.39 is 0 Å². The summed E-state index contributed by atoms with van der Waals surface area (Å²) in [7, 11) is 1.83. The van der Waals surface area contributed by atoms with Crippen molar-refractivity contribution >= 4 is 17.3 Å². The lowest BCUT2D eigenvalue weighted by molar-refractivity contribution is 0.712. The second-order valence-corrected chi connectivity index (χ2v) is 5.75. The van der Waals surface area contributed by atoms with Gasteiger partial charge in [-0.3, -0.25) is 4.99 Å². The van der Waals surface area contributed by atoms with E-state index in [2.05, 4.69) is 26.0 Å². The van der Waals surface area contributed by atoms with Gasteiger partial charge >= 0.3 is 0 Å². The van der Waals surface area contributed by atoms with Crippen molar-refractivity contribution in [1.29, 1.82) is 0 Å². The number of nitrogens with one attached hydrogen (secondary N) is 2. The number of guanidine groups is 1. The van der Waals surface area contributed by atoms with E-state index in [4.69, 9.17) is 0 Å². The van der Waals surface area contributed by atoms with Gasteiger partial charge < -0.3 is 10.6 Å². The molecule has 1 fully saturated rings. The van der Waals surface area contributed by atoms with Crippen molar-refractivity contribution in [3.05, 3.63) is 16.1 Å². The highest BCUT2D eigenvalue weighted by Crippen LogP contribution is 2.27. The molecule has 0 unspecified atom stereocenters. The molecule has 2 N–H and O–H groups in total. The Bertz CT molecular complexity index is 395. The molecule has 1 aliphatic rings. The average molecular weight is 266 g/mol. The zero-order valence-electron chi connectivity index (χ0n) is 11.2. The molecule has 0 aromatic carbocycles. The molecule has 0 amide bonds. The number of hydrogen-bond donors (Lipinski definition) is 2. The summed E-state index contributed by atoms with van der Waals surface area (Å²) in [6.45, 7) is 4.05. The van der Waals surface area contributed by atoms with Crippen LogP contribution in [0.5, 0.6) is 0 Å². The average Bonchev–Trinajstić information content (AvgIpc) is 3.11. The number of aliphatic imine (C=N–C) groups is 1. The predicted molar refractivity (Wildman–Crippen MR) is 77.3 cm³/mol. The third-order valence-electron chi connectivity index (χ3n) is 3.01. The molecule has 0 bridgehead atoms. The predicted octanol–water partition coefficient (Wildman–Crippen LogP) is 1.96. The third kappa shape index (κ3) is 4.64.